The lowest BCUT2D eigenvalue weighted by atomic mass is 10.3. The summed E-state index contributed by atoms with van der Waals surface area (Å²) >= 11 is 0. The molecule has 11 heteroatoms. The van der Waals surface area contributed by atoms with E-state index in [-0.39, 0.29) is 53.1 Å². The third-order valence-electron chi connectivity index (χ3n) is 2.24. The van der Waals surface area contributed by atoms with Crippen LogP contribution in [0.5, 0.6) is 0 Å². The number of halogens is 2. The quantitative estimate of drug-likeness (QED) is 0.408. The molecular weight excluding hydrogens is 351 g/mol. The van der Waals surface area contributed by atoms with Gasteiger partial charge in [-0.1, -0.05) is 0 Å². The van der Waals surface area contributed by atoms with E-state index in [1.54, 1.807) is 24.5 Å². The highest BCUT2D eigenvalue weighted by Crippen LogP contribution is 2.02. The van der Waals surface area contributed by atoms with Crippen LogP contribution >= 0.6 is 0 Å². The maximum Gasteiger partial charge on any atom is 0.344 e. The summed E-state index contributed by atoms with van der Waals surface area (Å²) < 4.78 is 0. The number of anilines is 2. The van der Waals surface area contributed by atoms with Gasteiger partial charge in [0.2, 0.25) is 0 Å². The fourth-order valence-electron chi connectivity index (χ4n) is 1.27. The van der Waals surface area contributed by atoms with Crippen molar-refractivity contribution >= 4 is 23.6 Å². The van der Waals surface area contributed by atoms with Crippen LogP contribution in [0.1, 0.15) is 20.7 Å². The van der Waals surface area contributed by atoms with Gasteiger partial charge in [-0.25, -0.2) is 19.6 Å². The third-order valence-corrected chi connectivity index (χ3v) is 2.24. The number of carboxylic acid groups (broad SMARTS) is 2. The van der Waals surface area contributed by atoms with Crippen molar-refractivity contribution in [3.63, 3.8) is 0 Å². The van der Waals surface area contributed by atoms with Crippen LogP contribution in [0, 0.1) is 0 Å². The summed E-state index contributed by atoms with van der Waals surface area (Å²) in [6.07, 6.45) is 3.14. The van der Waals surface area contributed by atoms with Crippen LogP contribution in [0.4, 0.5) is 11.6 Å². The van der Waals surface area contributed by atoms with Crippen molar-refractivity contribution in [1.29, 1.82) is 0 Å². The summed E-state index contributed by atoms with van der Waals surface area (Å²) in [6.45, 7) is 0. The zero-order valence-corrected chi connectivity index (χ0v) is 13.1. The Kier molecular flexibility index (Phi) is 13.2. The van der Waals surface area contributed by atoms with Crippen LogP contribution in [-0.4, -0.2) is 27.6 Å². The molecule has 23 heavy (non-hydrogen) atoms. The Bertz CT molecular complexity index is 587. The summed E-state index contributed by atoms with van der Waals surface area (Å²) in [4.78, 5) is 25.8. The van der Waals surface area contributed by atoms with Crippen molar-refractivity contribution in [2.75, 3.05) is 11.5 Å². The molecule has 0 aliphatic rings. The molecule has 0 atom stereocenters. The van der Waals surface area contributed by atoms with E-state index in [9.17, 15) is 9.59 Å². The largest absolute Gasteiger partial charge is 1.00 e. The van der Waals surface area contributed by atoms with Gasteiger partial charge in [0.1, 0.15) is 11.1 Å². The molecule has 0 unspecified atom stereocenters. The van der Waals surface area contributed by atoms with Crippen molar-refractivity contribution in [3.05, 3.63) is 47.8 Å². The van der Waals surface area contributed by atoms with E-state index < -0.39 is 11.9 Å². The molecule has 2 aromatic heterocycles. The fraction of sp³-hybridized carbons (Fsp3) is 0. The molecule has 0 saturated carbocycles. The van der Waals surface area contributed by atoms with Gasteiger partial charge in [-0.05, 0) is 24.3 Å². The van der Waals surface area contributed by atoms with Gasteiger partial charge >= 0.3 is 11.9 Å². The molecule has 0 spiro atoms. The minimum absolute atomic E-state index is 0. The van der Waals surface area contributed by atoms with Crippen LogP contribution in [-0.2, 0) is 0 Å². The van der Waals surface area contributed by atoms with Crippen LogP contribution in [0.15, 0.2) is 36.7 Å². The van der Waals surface area contributed by atoms with Crippen molar-refractivity contribution in [2.24, 2.45) is 0 Å². The van der Waals surface area contributed by atoms with E-state index in [2.05, 4.69) is 9.97 Å². The summed E-state index contributed by atoms with van der Waals surface area (Å²) in [5.74, 6) is -1.69. The van der Waals surface area contributed by atoms with E-state index in [0.717, 1.165) is 0 Å². The Hall–Kier alpha value is -2.62. The highest BCUT2D eigenvalue weighted by molar-refractivity contribution is 5.92. The van der Waals surface area contributed by atoms with Crippen molar-refractivity contribution < 1.29 is 60.1 Å². The highest BCUT2D eigenvalue weighted by Gasteiger charge is 2.10. The number of carboxylic acids is 2. The summed E-state index contributed by atoms with van der Waals surface area (Å²) in [7, 11) is 0. The molecule has 10 N–H and O–H groups in total. The maximum atomic E-state index is 10.3. The Morgan fingerprint density at radius 1 is 0.826 bits per heavy atom. The molecule has 0 fully saturated rings. The predicted octanol–water partition coefficient (Wildman–Crippen LogP) is -7.25. The Morgan fingerprint density at radius 3 is 1.30 bits per heavy atom. The van der Waals surface area contributed by atoms with Crippen LogP contribution in [0.3, 0.4) is 0 Å². The van der Waals surface area contributed by atoms with Crippen molar-refractivity contribution in [1.82, 2.24) is 0 Å². The zero-order valence-electron chi connectivity index (χ0n) is 11.6. The SMILES string of the molecule is Nc1[nH+]cccc1C(=O)O.Nc1[nH+]cccc1C(=O)O.O.[Cl-].[Cl-]. The summed E-state index contributed by atoms with van der Waals surface area (Å²) in [5.41, 5.74) is 10.8. The molecule has 2 aromatic rings. The summed E-state index contributed by atoms with van der Waals surface area (Å²) in [6, 6.07) is 6.04. The first-order valence-corrected chi connectivity index (χ1v) is 5.42. The van der Waals surface area contributed by atoms with Crippen LogP contribution in [0.2, 0.25) is 0 Å². The van der Waals surface area contributed by atoms with Gasteiger partial charge in [0.25, 0.3) is 11.6 Å². The van der Waals surface area contributed by atoms with Crippen molar-refractivity contribution in [3.8, 4) is 0 Å². The van der Waals surface area contributed by atoms with Crippen LogP contribution < -0.4 is 46.2 Å². The Balaban J connectivity index is -0.000000308. The number of nitrogens with one attached hydrogen (secondary N) is 2. The average molecular weight is 367 g/mol. The number of carbonyl (C=O) groups is 2. The van der Waals surface area contributed by atoms with Crippen LogP contribution in [0.25, 0.3) is 0 Å². The molecule has 0 saturated heterocycles. The zero-order chi connectivity index (χ0) is 15.1. The number of H-pyrrole nitrogens is 2. The normalized spacial score (nSPS) is 8.00. The van der Waals surface area contributed by atoms with Gasteiger partial charge in [-0.2, -0.15) is 0 Å². The number of aromatic amines is 2. The third kappa shape index (κ3) is 7.81. The Labute approximate surface area is 143 Å². The van der Waals surface area contributed by atoms with Gasteiger partial charge in [-0.3, -0.25) is 11.5 Å². The number of rotatable bonds is 2. The fourth-order valence-corrected chi connectivity index (χ4v) is 1.27. The number of nitrogen functional groups attached to an aromatic ring is 2. The number of hydrogen-bond donors (Lipinski definition) is 4. The van der Waals surface area contributed by atoms with Crippen molar-refractivity contribution in [2.45, 2.75) is 0 Å². The first kappa shape index (κ1) is 25.3. The van der Waals surface area contributed by atoms with Gasteiger partial charge in [0.05, 0.1) is 12.4 Å². The standard InChI is InChI=1S/2C6H6N2O2.2ClH.H2O/c2*7-5-4(6(9)10)2-1-3-8-5;;;/h2*1-3H,(H2,7,8)(H,9,10);2*1H;1H2. The number of aromatic carboxylic acids is 2. The van der Waals surface area contributed by atoms with E-state index in [1.165, 1.54) is 12.1 Å². The second-order valence-electron chi connectivity index (χ2n) is 3.61. The maximum absolute atomic E-state index is 10.3. The van der Waals surface area contributed by atoms with E-state index in [0.29, 0.717) is 0 Å². The number of hydrogen-bond acceptors (Lipinski definition) is 4. The molecule has 2 heterocycles. The molecule has 0 aliphatic carbocycles. The van der Waals surface area contributed by atoms with Gasteiger partial charge in [0, 0.05) is 0 Å². The minimum atomic E-state index is -1.02. The second kappa shape index (κ2) is 12.0. The van der Waals surface area contributed by atoms with Gasteiger partial charge < -0.3 is 40.5 Å². The molecule has 2 rings (SSSR count). The predicted molar refractivity (Wildman–Crippen MR) is 72.4 cm³/mol. The lowest BCUT2D eigenvalue weighted by Crippen LogP contribution is -3.00. The first-order valence-electron chi connectivity index (χ1n) is 5.42. The minimum Gasteiger partial charge on any atom is -1.00 e. The molecule has 9 nitrogen and oxygen atoms in total. The number of aromatic nitrogens is 2. The van der Waals surface area contributed by atoms with Gasteiger partial charge in [0.15, 0.2) is 0 Å². The molecule has 0 bridgehead atoms. The van der Waals surface area contributed by atoms with E-state index in [1.807, 2.05) is 0 Å². The molecule has 128 valence electrons. The summed E-state index contributed by atoms with van der Waals surface area (Å²) in [5, 5.41) is 16.9. The molecule has 0 amide bonds. The lowest BCUT2D eigenvalue weighted by molar-refractivity contribution is -0.361. The van der Waals surface area contributed by atoms with E-state index >= 15 is 0 Å². The van der Waals surface area contributed by atoms with Gasteiger partial charge in [-0.15, -0.1) is 0 Å². The highest BCUT2D eigenvalue weighted by atomic mass is 35.5. The molecular formula is C12H16Cl2N4O5. The monoisotopic (exact) mass is 366 g/mol. The topological polar surface area (TPSA) is 186 Å². The first-order chi connectivity index (χ1) is 9.43. The molecule has 0 aromatic carbocycles. The van der Waals surface area contributed by atoms with E-state index in [4.69, 9.17) is 21.7 Å². The lowest BCUT2D eigenvalue weighted by Gasteiger charge is -1.90. The second-order valence-corrected chi connectivity index (χ2v) is 3.61. The molecule has 0 radical (unpaired) electrons. The number of nitrogens with two attached hydrogens (primary N) is 2. The smallest absolute Gasteiger partial charge is 0.344 e. The average Bonchev–Trinajstić information content (AvgIpc) is 2.40. The molecule has 0 aliphatic heterocycles. The Morgan fingerprint density at radius 2 is 1.13 bits per heavy atom. The number of pyridine rings is 2.